The highest BCUT2D eigenvalue weighted by molar-refractivity contribution is 5.79. The normalized spacial score (nSPS) is 11.9. The van der Waals surface area contributed by atoms with Crippen molar-refractivity contribution < 1.29 is 57.3 Å². The van der Waals surface area contributed by atoms with Crippen LogP contribution in [0, 0.1) is 20.2 Å². The molecule has 1 amide bonds. The van der Waals surface area contributed by atoms with Crippen molar-refractivity contribution in [2.45, 2.75) is 5.92 Å². The summed E-state index contributed by atoms with van der Waals surface area (Å²) in [6, 6.07) is 19.9. The van der Waals surface area contributed by atoms with Gasteiger partial charge in [0.2, 0.25) is 0 Å². The van der Waals surface area contributed by atoms with E-state index in [1.165, 1.54) is 34.4 Å². The molecule has 0 saturated heterocycles. The van der Waals surface area contributed by atoms with Gasteiger partial charge in [-0.15, -0.1) is 0 Å². The topological polar surface area (TPSA) is 210 Å². The van der Waals surface area contributed by atoms with Crippen LogP contribution in [0.5, 0.6) is 0 Å². The molecule has 57 heavy (non-hydrogen) atoms. The minimum Gasteiger partial charge on any atom is -0.449 e. The van der Waals surface area contributed by atoms with Crippen LogP contribution in [0.4, 0.5) is 21.9 Å². The number of hydrogen-bond acceptors (Lipinski definition) is 15. The monoisotopic (exact) mass is 800 g/mol. The number of benzene rings is 3. The van der Waals surface area contributed by atoms with Crippen molar-refractivity contribution in [1.82, 2.24) is 5.32 Å². The number of nitrogens with zero attached hydrogens (tertiary/aromatic N) is 2. The minimum absolute atomic E-state index is 0.0226. The van der Waals surface area contributed by atoms with Crippen molar-refractivity contribution in [3.63, 3.8) is 0 Å². The molecule has 1 aliphatic carbocycles. The van der Waals surface area contributed by atoms with Crippen LogP contribution in [0.15, 0.2) is 66.7 Å². The molecule has 0 atom stereocenters. The van der Waals surface area contributed by atoms with Gasteiger partial charge in [0.05, 0.1) is 122 Å². The van der Waals surface area contributed by atoms with Gasteiger partial charge in [-0.3, -0.25) is 20.2 Å². The molecule has 1 aliphatic rings. The Morgan fingerprint density at radius 2 is 0.965 bits per heavy atom. The van der Waals surface area contributed by atoms with E-state index in [1.54, 1.807) is 0 Å². The third kappa shape index (κ3) is 16.7. The van der Waals surface area contributed by atoms with Gasteiger partial charge in [-0.25, -0.2) is 4.79 Å². The standard InChI is InChI=1S/C39H52N4O14/c44-39(57-30-36-34-7-3-1-5-32(34)33-6-2-4-8-35(33)36)41-12-14-50-16-18-52-20-22-54-24-26-56-28-27-55-25-23-53-21-19-51-17-15-49-13-11-40-37-10-9-31(42(45)46)29-38(37)43(47)48/h1-10,29,36,40H,11-28,30H2,(H,41,44). The van der Waals surface area contributed by atoms with E-state index in [1.807, 2.05) is 24.3 Å². The lowest BCUT2D eigenvalue weighted by Crippen LogP contribution is -2.29. The first kappa shape index (κ1) is 44.9. The first-order chi connectivity index (χ1) is 28.0. The predicted octanol–water partition coefficient (Wildman–Crippen LogP) is 4.59. The Labute approximate surface area is 331 Å². The zero-order chi connectivity index (χ0) is 40.3. The van der Waals surface area contributed by atoms with Crippen LogP contribution in [0.2, 0.25) is 0 Å². The molecule has 2 N–H and O–H groups in total. The molecule has 0 radical (unpaired) electrons. The van der Waals surface area contributed by atoms with Gasteiger partial charge in [0.25, 0.3) is 11.4 Å². The maximum atomic E-state index is 12.2. The van der Waals surface area contributed by atoms with Gasteiger partial charge in [-0.2, -0.15) is 0 Å². The highest BCUT2D eigenvalue weighted by atomic mass is 16.6. The molecule has 312 valence electrons. The number of fused-ring (bicyclic) bond motifs is 3. The zero-order valence-electron chi connectivity index (χ0n) is 32.0. The maximum absolute atomic E-state index is 12.2. The number of hydrogen-bond donors (Lipinski definition) is 2. The number of nitro benzene ring substituents is 2. The first-order valence-electron chi connectivity index (χ1n) is 18.8. The van der Waals surface area contributed by atoms with Gasteiger partial charge in [0, 0.05) is 25.1 Å². The third-order valence-corrected chi connectivity index (χ3v) is 8.41. The highest BCUT2D eigenvalue weighted by Gasteiger charge is 2.29. The quantitative estimate of drug-likeness (QED) is 0.0503. The van der Waals surface area contributed by atoms with E-state index < -0.39 is 15.9 Å². The summed E-state index contributed by atoms with van der Waals surface area (Å²) >= 11 is 0. The molecule has 0 spiro atoms. The van der Waals surface area contributed by atoms with Gasteiger partial charge in [0.1, 0.15) is 12.3 Å². The molecule has 3 aromatic rings. The van der Waals surface area contributed by atoms with Crippen molar-refractivity contribution in [3.05, 3.63) is 98.1 Å². The Kier molecular flexibility index (Phi) is 21.2. The first-order valence-corrected chi connectivity index (χ1v) is 18.8. The summed E-state index contributed by atoms with van der Waals surface area (Å²) in [6.45, 7) is 7.32. The fraction of sp³-hybridized carbons (Fsp3) is 0.513. The number of carbonyl (C=O) groups is 1. The number of amides is 1. The van der Waals surface area contributed by atoms with E-state index in [0.29, 0.717) is 106 Å². The van der Waals surface area contributed by atoms with Crippen LogP contribution < -0.4 is 10.6 Å². The minimum atomic E-state index is -0.683. The molecule has 18 heteroatoms. The second-order valence-corrected chi connectivity index (χ2v) is 12.3. The zero-order valence-corrected chi connectivity index (χ0v) is 32.0. The fourth-order valence-corrected chi connectivity index (χ4v) is 5.71. The van der Waals surface area contributed by atoms with Crippen LogP contribution in [-0.2, 0) is 42.6 Å². The van der Waals surface area contributed by atoms with Crippen molar-refractivity contribution in [2.75, 3.05) is 131 Å². The summed E-state index contributed by atoms with van der Waals surface area (Å²) in [5, 5.41) is 27.6. The highest BCUT2D eigenvalue weighted by Crippen LogP contribution is 2.44. The summed E-state index contributed by atoms with van der Waals surface area (Å²) in [5.74, 6) is 0.0226. The lowest BCUT2D eigenvalue weighted by atomic mass is 9.98. The summed E-state index contributed by atoms with van der Waals surface area (Å²) < 4.78 is 49.3. The van der Waals surface area contributed by atoms with Gasteiger partial charge in [-0.1, -0.05) is 48.5 Å². The lowest BCUT2D eigenvalue weighted by Gasteiger charge is -2.14. The second kappa shape index (κ2) is 27.0. The van der Waals surface area contributed by atoms with Crippen molar-refractivity contribution in [3.8, 4) is 11.1 Å². The molecule has 0 saturated carbocycles. The summed E-state index contributed by atoms with van der Waals surface area (Å²) in [7, 11) is 0. The molecule has 0 aromatic heterocycles. The number of ether oxygens (including phenoxy) is 9. The molecular formula is C39H52N4O14. The van der Waals surface area contributed by atoms with Crippen LogP contribution in [0.1, 0.15) is 17.0 Å². The SMILES string of the molecule is O=C(NCCOCCOCCOCCOCCOCCOCCOCCOCCNc1ccc([N+](=O)[O-])cc1[N+](=O)[O-])OCC1c2ccccc2-c2ccccc21. The maximum Gasteiger partial charge on any atom is 0.407 e. The molecule has 18 nitrogen and oxygen atoms in total. The van der Waals surface area contributed by atoms with E-state index in [9.17, 15) is 25.0 Å². The number of nitrogens with one attached hydrogen (secondary N) is 2. The van der Waals surface area contributed by atoms with E-state index >= 15 is 0 Å². The predicted molar refractivity (Wildman–Crippen MR) is 208 cm³/mol. The molecule has 3 aromatic carbocycles. The summed E-state index contributed by atoms with van der Waals surface area (Å²) in [6.07, 6.45) is -0.468. The van der Waals surface area contributed by atoms with E-state index in [4.69, 9.17) is 42.6 Å². The number of alkyl carbamates (subject to hydrolysis) is 1. The molecule has 0 bridgehead atoms. The molecule has 0 heterocycles. The van der Waals surface area contributed by atoms with Crippen molar-refractivity contribution in [1.29, 1.82) is 0 Å². The molecule has 0 aliphatic heterocycles. The Morgan fingerprint density at radius 3 is 1.40 bits per heavy atom. The van der Waals surface area contributed by atoms with Crippen molar-refractivity contribution >= 4 is 23.2 Å². The number of anilines is 1. The largest absolute Gasteiger partial charge is 0.449 e. The average molecular weight is 801 g/mol. The number of rotatable bonds is 32. The second-order valence-electron chi connectivity index (χ2n) is 12.3. The van der Waals surface area contributed by atoms with E-state index in [0.717, 1.165) is 6.07 Å². The lowest BCUT2D eigenvalue weighted by molar-refractivity contribution is -0.393. The van der Waals surface area contributed by atoms with Gasteiger partial charge >= 0.3 is 6.09 Å². The third-order valence-electron chi connectivity index (χ3n) is 8.41. The Hall–Kier alpha value is -4.79. The molecular weight excluding hydrogens is 748 g/mol. The Morgan fingerprint density at radius 1 is 0.544 bits per heavy atom. The van der Waals surface area contributed by atoms with E-state index in [-0.39, 0.29) is 42.7 Å². The summed E-state index contributed by atoms with van der Waals surface area (Å²) in [4.78, 5) is 32.9. The average Bonchev–Trinajstić information content (AvgIpc) is 3.54. The van der Waals surface area contributed by atoms with Crippen molar-refractivity contribution in [2.24, 2.45) is 0 Å². The van der Waals surface area contributed by atoms with Gasteiger partial charge in [-0.05, 0) is 28.3 Å². The van der Waals surface area contributed by atoms with Crippen LogP contribution in [-0.4, -0.2) is 141 Å². The van der Waals surface area contributed by atoms with Crippen LogP contribution in [0.25, 0.3) is 11.1 Å². The van der Waals surface area contributed by atoms with Crippen LogP contribution >= 0.6 is 0 Å². The number of carbonyl (C=O) groups excluding carboxylic acids is 1. The Bertz CT molecular complexity index is 1600. The Balaban J connectivity index is 0.821. The summed E-state index contributed by atoms with van der Waals surface area (Å²) in [5.41, 5.74) is 4.18. The molecule has 0 fully saturated rings. The smallest absolute Gasteiger partial charge is 0.407 e. The van der Waals surface area contributed by atoms with Crippen LogP contribution in [0.3, 0.4) is 0 Å². The number of non-ortho nitro benzene ring substituents is 1. The van der Waals surface area contributed by atoms with E-state index in [2.05, 4.69) is 34.9 Å². The fourth-order valence-electron chi connectivity index (χ4n) is 5.71. The molecule has 0 unspecified atom stereocenters. The van der Waals surface area contributed by atoms with Gasteiger partial charge < -0.3 is 53.3 Å². The number of nitro groups is 2. The molecule has 4 rings (SSSR count). The van der Waals surface area contributed by atoms with Gasteiger partial charge in [0.15, 0.2) is 0 Å².